The lowest BCUT2D eigenvalue weighted by Crippen LogP contribution is -2.39. The van der Waals surface area contributed by atoms with Crippen LogP contribution >= 0.6 is 0 Å². The van der Waals surface area contributed by atoms with Crippen LogP contribution in [0.2, 0.25) is 0 Å². The fourth-order valence-electron chi connectivity index (χ4n) is 3.32. The first-order chi connectivity index (χ1) is 14.0. The summed E-state index contributed by atoms with van der Waals surface area (Å²) in [5.41, 5.74) is 1.34. The fraction of sp³-hybridized carbons (Fsp3) is 0.455. The summed E-state index contributed by atoms with van der Waals surface area (Å²) in [6.07, 6.45) is 7.53. The van der Waals surface area contributed by atoms with Crippen molar-refractivity contribution in [2.24, 2.45) is 5.92 Å². The third kappa shape index (κ3) is 5.83. The van der Waals surface area contributed by atoms with Crippen molar-refractivity contribution in [1.82, 2.24) is 5.32 Å². The second-order valence-corrected chi connectivity index (χ2v) is 6.53. The number of carbonyl (C=O) groups excluding carboxylic acids is 2. The van der Waals surface area contributed by atoms with Crippen LogP contribution in [0.1, 0.15) is 41.6 Å². The molecule has 1 amide bonds. The molecule has 0 saturated heterocycles. The minimum atomic E-state index is -0.645. The van der Waals surface area contributed by atoms with E-state index in [-0.39, 0.29) is 30.7 Å². The first-order valence-electron chi connectivity index (χ1n) is 9.56. The lowest BCUT2D eigenvalue weighted by Gasteiger charge is -2.37. The van der Waals surface area contributed by atoms with E-state index in [1.807, 2.05) is 19.1 Å². The zero-order valence-electron chi connectivity index (χ0n) is 16.7. The molecule has 1 aliphatic heterocycles. The van der Waals surface area contributed by atoms with Crippen LogP contribution in [-0.2, 0) is 19.0 Å². The number of nitrogens with one attached hydrogen (secondary N) is 1. The highest BCUT2D eigenvalue weighted by Crippen LogP contribution is 2.39. The van der Waals surface area contributed by atoms with E-state index in [0.29, 0.717) is 25.0 Å². The molecule has 1 aromatic carbocycles. The molecule has 0 radical (unpaired) electrons. The number of hydrogen-bond donors (Lipinski definition) is 2. The zero-order chi connectivity index (χ0) is 21.2. The molecule has 2 rings (SSSR count). The van der Waals surface area contributed by atoms with E-state index < -0.39 is 18.2 Å². The van der Waals surface area contributed by atoms with Crippen LogP contribution in [0.15, 0.2) is 36.1 Å². The van der Waals surface area contributed by atoms with Crippen molar-refractivity contribution in [3.05, 3.63) is 47.2 Å². The molecule has 2 N–H and O–H groups in total. The number of allylic oxidation sites excluding steroid dienone is 1. The van der Waals surface area contributed by atoms with Gasteiger partial charge in [0, 0.05) is 25.0 Å². The van der Waals surface area contributed by atoms with Crippen LogP contribution in [0.25, 0.3) is 0 Å². The smallest absolute Gasteiger partial charge is 0.337 e. The van der Waals surface area contributed by atoms with Crippen LogP contribution in [0.4, 0.5) is 0 Å². The van der Waals surface area contributed by atoms with Gasteiger partial charge in [0.1, 0.15) is 0 Å². The number of benzene rings is 1. The molecule has 1 aliphatic rings. The van der Waals surface area contributed by atoms with Gasteiger partial charge in [-0.25, -0.2) is 4.79 Å². The predicted octanol–water partition coefficient (Wildman–Crippen LogP) is 1.97. The van der Waals surface area contributed by atoms with E-state index in [2.05, 4.69) is 11.2 Å². The van der Waals surface area contributed by atoms with E-state index in [9.17, 15) is 14.7 Å². The first kappa shape index (κ1) is 22.5. The molecular weight excluding hydrogens is 374 g/mol. The predicted molar refractivity (Wildman–Crippen MR) is 107 cm³/mol. The van der Waals surface area contributed by atoms with Crippen LogP contribution in [0.3, 0.4) is 0 Å². The monoisotopic (exact) mass is 401 g/mol. The van der Waals surface area contributed by atoms with Crippen LogP contribution < -0.4 is 5.32 Å². The topological polar surface area (TPSA) is 94.1 Å². The van der Waals surface area contributed by atoms with Crippen molar-refractivity contribution in [3.63, 3.8) is 0 Å². The molecule has 29 heavy (non-hydrogen) atoms. The van der Waals surface area contributed by atoms with Gasteiger partial charge in [0.2, 0.25) is 6.29 Å². The number of hydrogen-bond acceptors (Lipinski definition) is 6. The van der Waals surface area contributed by atoms with Gasteiger partial charge < -0.3 is 24.6 Å². The summed E-state index contributed by atoms with van der Waals surface area (Å²) in [6.45, 7) is 2.39. The van der Waals surface area contributed by atoms with E-state index >= 15 is 0 Å². The summed E-state index contributed by atoms with van der Waals surface area (Å²) in [5.74, 6) is 1.35. The van der Waals surface area contributed by atoms with Crippen LogP contribution in [0.5, 0.6) is 0 Å². The summed E-state index contributed by atoms with van der Waals surface area (Å²) in [4.78, 5) is 24.1. The number of ether oxygens (including phenoxy) is 3. The SMILES string of the molecule is C#CCNC(=O)C1=C[C@H](c2ccc(C(=O)OC)cc2)[C@H](CCCO)[C@H](OCC)O1. The molecule has 0 aliphatic carbocycles. The number of terminal acetylenes is 1. The molecular formula is C22H27NO6. The lowest BCUT2D eigenvalue weighted by molar-refractivity contribution is -0.166. The molecule has 0 bridgehead atoms. The van der Waals surface area contributed by atoms with Gasteiger partial charge in [0.25, 0.3) is 5.91 Å². The Morgan fingerprint density at radius 2 is 2.03 bits per heavy atom. The maximum absolute atomic E-state index is 12.4. The quantitative estimate of drug-likeness (QED) is 0.485. The first-order valence-corrected chi connectivity index (χ1v) is 9.56. The molecule has 0 fully saturated rings. The molecule has 7 heteroatoms. The van der Waals surface area contributed by atoms with E-state index in [1.165, 1.54) is 7.11 Å². The molecule has 1 aromatic rings. The molecule has 0 spiro atoms. The number of rotatable bonds is 9. The number of methoxy groups -OCH3 is 1. The van der Waals surface area contributed by atoms with E-state index in [4.69, 9.17) is 20.6 Å². The van der Waals surface area contributed by atoms with Gasteiger partial charge in [-0.2, -0.15) is 0 Å². The van der Waals surface area contributed by atoms with Gasteiger partial charge in [-0.15, -0.1) is 6.42 Å². The number of amides is 1. The van der Waals surface area contributed by atoms with Crippen LogP contribution in [0, 0.1) is 18.3 Å². The van der Waals surface area contributed by atoms with Crippen molar-refractivity contribution in [3.8, 4) is 12.3 Å². The Balaban J connectivity index is 2.40. The highest BCUT2D eigenvalue weighted by atomic mass is 16.7. The van der Waals surface area contributed by atoms with Gasteiger partial charge in [0.05, 0.1) is 19.2 Å². The molecule has 7 nitrogen and oxygen atoms in total. The van der Waals surface area contributed by atoms with Crippen molar-refractivity contribution in [2.45, 2.75) is 32.0 Å². The highest BCUT2D eigenvalue weighted by molar-refractivity contribution is 5.92. The third-order valence-electron chi connectivity index (χ3n) is 4.70. The molecule has 0 aromatic heterocycles. The Hall–Kier alpha value is -2.82. The van der Waals surface area contributed by atoms with E-state index in [0.717, 1.165) is 5.56 Å². The van der Waals surface area contributed by atoms with Gasteiger partial charge in [-0.05, 0) is 43.5 Å². The Labute approximate surface area is 171 Å². The maximum Gasteiger partial charge on any atom is 0.337 e. The van der Waals surface area contributed by atoms with Gasteiger partial charge >= 0.3 is 5.97 Å². The summed E-state index contributed by atoms with van der Waals surface area (Å²) in [7, 11) is 1.33. The van der Waals surface area contributed by atoms with E-state index in [1.54, 1.807) is 18.2 Å². The maximum atomic E-state index is 12.4. The minimum Gasteiger partial charge on any atom is -0.465 e. The average molecular weight is 401 g/mol. The van der Waals surface area contributed by atoms with Crippen LogP contribution in [-0.4, -0.2) is 50.1 Å². The van der Waals surface area contributed by atoms with Gasteiger partial charge in [-0.1, -0.05) is 18.1 Å². The van der Waals surface area contributed by atoms with Gasteiger partial charge in [-0.3, -0.25) is 4.79 Å². The Bertz CT molecular complexity index is 765. The highest BCUT2D eigenvalue weighted by Gasteiger charge is 2.37. The van der Waals surface area contributed by atoms with Crippen molar-refractivity contribution in [1.29, 1.82) is 0 Å². The van der Waals surface area contributed by atoms with Gasteiger partial charge in [0.15, 0.2) is 5.76 Å². The van der Waals surface area contributed by atoms with Crippen molar-refractivity contribution in [2.75, 3.05) is 26.9 Å². The molecule has 0 saturated carbocycles. The van der Waals surface area contributed by atoms with Crippen molar-refractivity contribution >= 4 is 11.9 Å². The zero-order valence-corrected chi connectivity index (χ0v) is 16.7. The standard InChI is InChI=1S/C22H27NO6/c1-4-12-23-20(25)19-14-18(15-8-10-16(11-9-15)21(26)27-3)17(7-6-13-24)22(29-19)28-5-2/h1,8-11,14,17-18,22,24H,5-7,12-13H2,2-3H3,(H,23,25)/t17-,18+,22+/m0/s1. The molecule has 156 valence electrons. The minimum absolute atomic E-state index is 0.0442. The molecule has 3 atom stereocenters. The van der Waals surface area contributed by atoms with Crippen molar-refractivity contribution < 1.29 is 28.9 Å². The average Bonchev–Trinajstić information content (AvgIpc) is 2.75. The molecule has 1 heterocycles. The Kier molecular flexibility index (Phi) is 8.71. The normalized spacial score (nSPS) is 20.8. The number of aliphatic hydroxyl groups is 1. The second-order valence-electron chi connectivity index (χ2n) is 6.53. The number of carbonyl (C=O) groups is 2. The summed E-state index contributed by atoms with van der Waals surface area (Å²) in [5, 5.41) is 11.9. The number of aliphatic hydroxyl groups excluding tert-OH is 1. The molecule has 0 unspecified atom stereocenters. The Morgan fingerprint density at radius 3 is 2.62 bits per heavy atom. The number of esters is 1. The summed E-state index contributed by atoms with van der Waals surface area (Å²) in [6, 6.07) is 7.01. The lowest BCUT2D eigenvalue weighted by atomic mass is 9.80. The second kappa shape index (κ2) is 11.2. The summed E-state index contributed by atoms with van der Waals surface area (Å²) >= 11 is 0. The Morgan fingerprint density at radius 1 is 1.31 bits per heavy atom. The fourth-order valence-corrected chi connectivity index (χ4v) is 3.32. The third-order valence-corrected chi connectivity index (χ3v) is 4.70. The summed E-state index contributed by atoms with van der Waals surface area (Å²) < 4.78 is 16.3. The largest absolute Gasteiger partial charge is 0.465 e.